The standard InChI is InChI=1S/C20H21NO4/c1-13-10-14(2)18-17(11-13)20(24-8-9-25-20)19(22)21(18)12-15-4-6-16(23-3)7-5-15/h4-7,10-11H,8-9,12H2,1-3H3. The molecule has 0 saturated carbocycles. The normalized spacial score (nSPS) is 18.0. The fraction of sp³-hybridized carbons (Fsp3) is 0.350. The summed E-state index contributed by atoms with van der Waals surface area (Å²) in [5.41, 5.74) is 4.88. The van der Waals surface area contributed by atoms with Crippen LogP contribution in [0.2, 0.25) is 0 Å². The van der Waals surface area contributed by atoms with E-state index in [1.807, 2.05) is 44.2 Å². The summed E-state index contributed by atoms with van der Waals surface area (Å²) in [6.07, 6.45) is 0. The first kappa shape index (κ1) is 16.1. The molecule has 0 radical (unpaired) electrons. The van der Waals surface area contributed by atoms with E-state index in [2.05, 4.69) is 6.07 Å². The van der Waals surface area contributed by atoms with Crippen molar-refractivity contribution >= 4 is 11.6 Å². The fourth-order valence-corrected chi connectivity index (χ4v) is 3.72. The van der Waals surface area contributed by atoms with Gasteiger partial charge in [0.05, 0.1) is 32.6 Å². The van der Waals surface area contributed by atoms with Crippen molar-refractivity contribution in [2.24, 2.45) is 0 Å². The number of rotatable bonds is 3. The smallest absolute Gasteiger partial charge is 0.292 e. The Balaban J connectivity index is 1.77. The quantitative estimate of drug-likeness (QED) is 0.862. The van der Waals surface area contributed by atoms with Gasteiger partial charge in [0.25, 0.3) is 11.7 Å². The number of nitrogens with zero attached hydrogens (tertiary/aromatic N) is 1. The van der Waals surface area contributed by atoms with Gasteiger partial charge in [0.2, 0.25) is 0 Å². The number of amides is 1. The van der Waals surface area contributed by atoms with Gasteiger partial charge in [-0.15, -0.1) is 0 Å². The Morgan fingerprint density at radius 2 is 1.80 bits per heavy atom. The summed E-state index contributed by atoms with van der Waals surface area (Å²) >= 11 is 0. The van der Waals surface area contributed by atoms with Gasteiger partial charge in [-0.2, -0.15) is 0 Å². The van der Waals surface area contributed by atoms with E-state index in [1.54, 1.807) is 12.0 Å². The molecular weight excluding hydrogens is 318 g/mol. The van der Waals surface area contributed by atoms with Gasteiger partial charge in [-0.3, -0.25) is 4.79 Å². The Labute approximate surface area is 147 Å². The topological polar surface area (TPSA) is 48.0 Å². The first-order chi connectivity index (χ1) is 12.0. The molecular formula is C20H21NO4. The number of benzene rings is 2. The maximum atomic E-state index is 13.2. The van der Waals surface area contributed by atoms with E-state index in [1.165, 1.54) is 0 Å². The molecule has 130 valence electrons. The number of methoxy groups -OCH3 is 1. The molecule has 2 aromatic carbocycles. The summed E-state index contributed by atoms with van der Waals surface area (Å²) in [6.45, 7) is 5.36. The number of ether oxygens (including phenoxy) is 3. The molecule has 2 aliphatic heterocycles. The highest BCUT2D eigenvalue weighted by atomic mass is 16.7. The number of carbonyl (C=O) groups is 1. The second kappa shape index (κ2) is 5.86. The van der Waals surface area contributed by atoms with Gasteiger partial charge in [-0.25, -0.2) is 0 Å². The van der Waals surface area contributed by atoms with Crippen LogP contribution in [0.4, 0.5) is 5.69 Å². The largest absolute Gasteiger partial charge is 0.497 e. The lowest BCUT2D eigenvalue weighted by molar-refractivity contribution is -0.180. The van der Waals surface area contributed by atoms with Crippen molar-refractivity contribution < 1.29 is 19.0 Å². The molecule has 0 N–H and O–H groups in total. The fourth-order valence-electron chi connectivity index (χ4n) is 3.72. The lowest BCUT2D eigenvalue weighted by Gasteiger charge is -2.22. The van der Waals surface area contributed by atoms with Crippen LogP contribution < -0.4 is 9.64 Å². The van der Waals surface area contributed by atoms with Crippen LogP contribution in [-0.4, -0.2) is 26.2 Å². The molecule has 0 atom stereocenters. The zero-order valence-corrected chi connectivity index (χ0v) is 14.7. The summed E-state index contributed by atoms with van der Waals surface area (Å²) in [5, 5.41) is 0. The molecule has 0 aliphatic carbocycles. The van der Waals surface area contributed by atoms with Crippen LogP contribution in [0.5, 0.6) is 5.75 Å². The van der Waals surface area contributed by atoms with Crippen LogP contribution in [0, 0.1) is 13.8 Å². The molecule has 0 bridgehead atoms. The lowest BCUT2D eigenvalue weighted by Crippen LogP contribution is -2.41. The first-order valence-electron chi connectivity index (χ1n) is 8.40. The molecule has 0 unspecified atom stereocenters. The third-order valence-corrected chi connectivity index (χ3v) is 4.79. The number of hydrogen-bond donors (Lipinski definition) is 0. The molecule has 1 saturated heterocycles. The highest BCUT2D eigenvalue weighted by Crippen LogP contribution is 2.48. The number of carbonyl (C=O) groups excluding carboxylic acids is 1. The maximum absolute atomic E-state index is 13.2. The maximum Gasteiger partial charge on any atom is 0.292 e. The van der Waals surface area contributed by atoms with Gasteiger partial charge in [0.1, 0.15) is 5.75 Å². The third-order valence-electron chi connectivity index (χ3n) is 4.79. The second-order valence-electron chi connectivity index (χ2n) is 6.53. The Morgan fingerprint density at radius 1 is 1.12 bits per heavy atom. The molecule has 2 aliphatic rings. The van der Waals surface area contributed by atoms with E-state index in [-0.39, 0.29) is 5.91 Å². The first-order valence-corrected chi connectivity index (χ1v) is 8.40. The molecule has 25 heavy (non-hydrogen) atoms. The minimum Gasteiger partial charge on any atom is -0.497 e. The van der Waals surface area contributed by atoms with Crippen LogP contribution in [0.3, 0.4) is 0 Å². The Hall–Kier alpha value is -2.37. The monoisotopic (exact) mass is 339 g/mol. The molecule has 1 fully saturated rings. The average Bonchev–Trinajstić information content (AvgIpc) is 3.17. The molecule has 0 aromatic heterocycles. The van der Waals surface area contributed by atoms with Crippen molar-refractivity contribution in [2.75, 3.05) is 25.2 Å². The SMILES string of the molecule is COc1ccc(CN2C(=O)C3(OCCO3)c3cc(C)cc(C)c32)cc1. The zero-order valence-electron chi connectivity index (χ0n) is 14.7. The van der Waals surface area contributed by atoms with Crippen LogP contribution in [0.25, 0.3) is 0 Å². The highest BCUT2D eigenvalue weighted by Gasteiger charge is 2.56. The molecule has 2 heterocycles. The van der Waals surface area contributed by atoms with Crippen LogP contribution in [-0.2, 0) is 26.6 Å². The Kier molecular flexibility index (Phi) is 3.78. The van der Waals surface area contributed by atoms with E-state index in [9.17, 15) is 4.79 Å². The Bertz CT molecular complexity index is 822. The summed E-state index contributed by atoms with van der Waals surface area (Å²) in [5.74, 6) is -0.634. The van der Waals surface area contributed by atoms with Gasteiger partial charge in [-0.1, -0.05) is 23.8 Å². The van der Waals surface area contributed by atoms with Crippen molar-refractivity contribution in [3.8, 4) is 5.75 Å². The summed E-state index contributed by atoms with van der Waals surface area (Å²) < 4.78 is 16.8. The summed E-state index contributed by atoms with van der Waals surface area (Å²) in [6, 6.07) is 11.8. The summed E-state index contributed by atoms with van der Waals surface area (Å²) in [4.78, 5) is 15.0. The predicted molar refractivity (Wildman–Crippen MR) is 93.7 cm³/mol. The van der Waals surface area contributed by atoms with E-state index in [4.69, 9.17) is 14.2 Å². The number of anilines is 1. The average molecular weight is 339 g/mol. The third kappa shape index (κ3) is 2.42. The minimum absolute atomic E-state index is 0.149. The predicted octanol–water partition coefficient (Wildman–Crippen LogP) is 3.06. The molecule has 1 spiro atoms. The minimum atomic E-state index is -1.28. The van der Waals surface area contributed by atoms with Gasteiger partial charge in [0.15, 0.2) is 0 Å². The second-order valence-corrected chi connectivity index (χ2v) is 6.53. The van der Waals surface area contributed by atoms with Gasteiger partial charge in [-0.05, 0) is 43.2 Å². The van der Waals surface area contributed by atoms with Crippen molar-refractivity contribution in [1.29, 1.82) is 0 Å². The molecule has 5 nitrogen and oxygen atoms in total. The van der Waals surface area contributed by atoms with Crippen molar-refractivity contribution in [1.82, 2.24) is 0 Å². The number of hydrogen-bond acceptors (Lipinski definition) is 4. The lowest BCUT2D eigenvalue weighted by atomic mass is 10.0. The number of aryl methyl sites for hydroxylation is 2. The van der Waals surface area contributed by atoms with Crippen molar-refractivity contribution in [2.45, 2.75) is 26.2 Å². The zero-order chi connectivity index (χ0) is 17.6. The van der Waals surface area contributed by atoms with Crippen LogP contribution >= 0.6 is 0 Å². The van der Waals surface area contributed by atoms with Crippen molar-refractivity contribution in [3.05, 3.63) is 58.7 Å². The molecule has 5 heteroatoms. The molecule has 2 aromatic rings. The highest BCUT2D eigenvalue weighted by molar-refractivity contribution is 6.07. The van der Waals surface area contributed by atoms with E-state index in [0.717, 1.165) is 33.7 Å². The molecule has 4 rings (SSSR count). The van der Waals surface area contributed by atoms with E-state index < -0.39 is 5.79 Å². The summed E-state index contributed by atoms with van der Waals surface area (Å²) in [7, 11) is 1.64. The number of fused-ring (bicyclic) bond motifs is 2. The van der Waals surface area contributed by atoms with Crippen LogP contribution in [0.15, 0.2) is 36.4 Å². The molecule has 1 amide bonds. The van der Waals surface area contributed by atoms with Gasteiger partial charge < -0.3 is 19.1 Å². The van der Waals surface area contributed by atoms with Crippen molar-refractivity contribution in [3.63, 3.8) is 0 Å². The van der Waals surface area contributed by atoms with Crippen LogP contribution in [0.1, 0.15) is 22.3 Å². The van der Waals surface area contributed by atoms with Gasteiger partial charge >= 0.3 is 0 Å². The Morgan fingerprint density at radius 3 is 2.44 bits per heavy atom. The van der Waals surface area contributed by atoms with E-state index >= 15 is 0 Å². The van der Waals surface area contributed by atoms with Gasteiger partial charge in [0, 0.05) is 5.56 Å². The van der Waals surface area contributed by atoms with E-state index in [0.29, 0.717) is 19.8 Å².